The maximum Gasteiger partial charge on any atom is 0.336 e. The van der Waals surface area contributed by atoms with Gasteiger partial charge in [0.1, 0.15) is 5.42 Å². The highest BCUT2D eigenvalue weighted by Crippen LogP contribution is 2.26. The molecule has 2 heteroatoms. The monoisotopic (exact) mass is 190 g/mol. The third kappa shape index (κ3) is 1.79. The van der Waals surface area contributed by atoms with Gasteiger partial charge in [0.2, 0.25) is 0 Å². The summed E-state index contributed by atoms with van der Waals surface area (Å²) in [7, 11) is 0. The Morgan fingerprint density at radius 2 is 1.93 bits per heavy atom. The van der Waals surface area contributed by atoms with Gasteiger partial charge in [-0.1, -0.05) is 19.9 Å². The predicted molar refractivity (Wildman–Crippen MR) is 56.2 cm³/mol. The van der Waals surface area contributed by atoms with Crippen molar-refractivity contribution < 1.29 is 4.42 Å². The normalized spacial score (nSPS) is 18.7. The SMILES string of the molecule is CC1(C)CC=c2ccc(=O)oc2=CC1. The zero-order valence-corrected chi connectivity index (χ0v) is 8.54. The lowest BCUT2D eigenvalue weighted by atomic mass is 9.86. The van der Waals surface area contributed by atoms with Gasteiger partial charge in [0, 0.05) is 11.3 Å². The highest BCUT2D eigenvalue weighted by Gasteiger charge is 2.16. The van der Waals surface area contributed by atoms with E-state index >= 15 is 0 Å². The summed E-state index contributed by atoms with van der Waals surface area (Å²) >= 11 is 0. The van der Waals surface area contributed by atoms with Crippen LogP contribution in [0, 0.1) is 5.41 Å². The molecule has 0 aliphatic heterocycles. The van der Waals surface area contributed by atoms with Crippen LogP contribution in [0.3, 0.4) is 0 Å². The molecule has 0 saturated heterocycles. The molecule has 0 bridgehead atoms. The molecule has 0 saturated carbocycles. The Labute approximate surface area is 82.6 Å². The fourth-order valence-electron chi connectivity index (χ4n) is 1.61. The van der Waals surface area contributed by atoms with Crippen molar-refractivity contribution in [3.63, 3.8) is 0 Å². The lowest BCUT2D eigenvalue weighted by molar-refractivity contribution is 0.396. The lowest BCUT2D eigenvalue weighted by Gasteiger charge is -2.18. The van der Waals surface area contributed by atoms with Gasteiger partial charge in [-0.15, -0.1) is 0 Å². The minimum Gasteiger partial charge on any atom is -0.423 e. The largest absolute Gasteiger partial charge is 0.423 e. The number of hydrogen-bond donors (Lipinski definition) is 0. The minimum absolute atomic E-state index is 0.261. The molecule has 0 N–H and O–H groups in total. The second kappa shape index (κ2) is 3.12. The van der Waals surface area contributed by atoms with Crippen molar-refractivity contribution in [2.24, 2.45) is 5.41 Å². The Balaban J connectivity index is 2.66. The maximum absolute atomic E-state index is 11.0. The molecule has 2 nitrogen and oxygen atoms in total. The van der Waals surface area contributed by atoms with E-state index in [-0.39, 0.29) is 11.0 Å². The second-order valence-electron chi connectivity index (χ2n) is 4.55. The first-order valence-electron chi connectivity index (χ1n) is 4.87. The first-order valence-corrected chi connectivity index (χ1v) is 4.87. The summed E-state index contributed by atoms with van der Waals surface area (Å²) in [5.74, 6) is 0. The van der Waals surface area contributed by atoms with Crippen LogP contribution < -0.4 is 16.3 Å². The van der Waals surface area contributed by atoms with E-state index in [0.29, 0.717) is 0 Å². The molecule has 1 aliphatic rings. The van der Waals surface area contributed by atoms with Crippen LogP contribution in [0.25, 0.3) is 12.2 Å². The molecule has 1 heterocycles. The minimum atomic E-state index is -0.270. The summed E-state index contributed by atoms with van der Waals surface area (Å²) in [6, 6.07) is 3.31. The zero-order chi connectivity index (χ0) is 10.2. The Morgan fingerprint density at radius 3 is 2.71 bits per heavy atom. The molecule has 0 fully saturated rings. The molecule has 2 rings (SSSR count). The van der Waals surface area contributed by atoms with Crippen molar-refractivity contribution in [2.75, 3.05) is 0 Å². The standard InChI is InChI=1S/C12H14O2/c1-12(2)7-5-9-3-4-11(13)14-10(9)6-8-12/h3-6H,7-8H2,1-2H3. The van der Waals surface area contributed by atoms with Gasteiger partial charge in [0.05, 0.1) is 0 Å². The molecule has 0 atom stereocenters. The highest BCUT2D eigenvalue weighted by atomic mass is 16.4. The van der Waals surface area contributed by atoms with Gasteiger partial charge < -0.3 is 4.42 Å². The number of hydrogen-bond acceptors (Lipinski definition) is 2. The van der Waals surface area contributed by atoms with Gasteiger partial charge in [-0.2, -0.15) is 0 Å². The Bertz CT molecular complexity index is 506. The molecule has 0 spiro atoms. The molecule has 1 aliphatic carbocycles. The molecule has 0 aromatic carbocycles. The number of rotatable bonds is 0. The summed E-state index contributed by atoms with van der Waals surface area (Å²) in [6.45, 7) is 4.42. The fraction of sp³-hybridized carbons (Fsp3) is 0.417. The topological polar surface area (TPSA) is 30.2 Å². The van der Waals surface area contributed by atoms with E-state index < -0.39 is 0 Å². The second-order valence-corrected chi connectivity index (χ2v) is 4.55. The van der Waals surface area contributed by atoms with Crippen LogP contribution in [0.5, 0.6) is 0 Å². The average Bonchev–Trinajstić information content (AvgIpc) is 2.26. The Hall–Kier alpha value is -1.31. The number of fused-ring (bicyclic) bond motifs is 1. The van der Waals surface area contributed by atoms with E-state index in [1.807, 2.05) is 12.1 Å². The van der Waals surface area contributed by atoms with E-state index in [1.54, 1.807) is 0 Å². The van der Waals surface area contributed by atoms with Gasteiger partial charge >= 0.3 is 5.63 Å². The molecule has 1 aromatic heterocycles. The average molecular weight is 190 g/mol. The summed E-state index contributed by atoms with van der Waals surface area (Å²) in [6.07, 6.45) is 6.12. The zero-order valence-electron chi connectivity index (χ0n) is 8.54. The quantitative estimate of drug-likeness (QED) is 0.611. The Morgan fingerprint density at radius 1 is 1.21 bits per heavy atom. The first kappa shape index (κ1) is 9.25. The van der Waals surface area contributed by atoms with E-state index in [1.165, 1.54) is 6.07 Å². The third-order valence-electron chi connectivity index (χ3n) is 2.61. The molecular formula is C12H14O2. The van der Waals surface area contributed by atoms with Crippen LogP contribution in [-0.2, 0) is 0 Å². The van der Waals surface area contributed by atoms with E-state index in [4.69, 9.17) is 4.42 Å². The molecule has 74 valence electrons. The van der Waals surface area contributed by atoms with Crippen LogP contribution in [0.2, 0.25) is 0 Å². The summed E-state index contributed by atoms with van der Waals surface area (Å²) in [5, 5.41) is 1.04. The third-order valence-corrected chi connectivity index (χ3v) is 2.61. The first-order chi connectivity index (χ1) is 6.57. The summed E-state index contributed by atoms with van der Waals surface area (Å²) in [4.78, 5) is 11.0. The highest BCUT2D eigenvalue weighted by molar-refractivity contribution is 5.32. The van der Waals surface area contributed by atoms with E-state index in [0.717, 1.165) is 23.5 Å². The van der Waals surface area contributed by atoms with Crippen molar-refractivity contribution in [1.82, 2.24) is 0 Å². The van der Waals surface area contributed by atoms with Crippen molar-refractivity contribution in [2.45, 2.75) is 26.7 Å². The van der Waals surface area contributed by atoms with Crippen molar-refractivity contribution in [3.8, 4) is 0 Å². The van der Waals surface area contributed by atoms with Crippen LogP contribution >= 0.6 is 0 Å². The molecule has 0 amide bonds. The fourth-order valence-corrected chi connectivity index (χ4v) is 1.61. The maximum atomic E-state index is 11.0. The Kier molecular flexibility index (Phi) is 2.06. The molecular weight excluding hydrogens is 176 g/mol. The summed E-state index contributed by atoms with van der Waals surface area (Å²) < 4.78 is 5.13. The van der Waals surface area contributed by atoms with Crippen LogP contribution in [0.4, 0.5) is 0 Å². The van der Waals surface area contributed by atoms with Crippen molar-refractivity contribution >= 4 is 12.2 Å². The van der Waals surface area contributed by atoms with E-state index in [2.05, 4.69) is 19.9 Å². The predicted octanol–water partition coefficient (Wildman–Crippen LogP) is 1.02. The van der Waals surface area contributed by atoms with Crippen LogP contribution in [0.1, 0.15) is 26.7 Å². The molecule has 0 unspecified atom stereocenters. The van der Waals surface area contributed by atoms with Gasteiger partial charge in [-0.05, 0) is 30.4 Å². The van der Waals surface area contributed by atoms with Gasteiger partial charge in [0.15, 0.2) is 0 Å². The van der Waals surface area contributed by atoms with Gasteiger partial charge in [-0.25, -0.2) is 4.79 Å². The summed E-state index contributed by atoms with van der Waals surface area (Å²) in [5.41, 5.74) is 0.716. The molecule has 14 heavy (non-hydrogen) atoms. The van der Waals surface area contributed by atoms with Crippen LogP contribution in [0.15, 0.2) is 21.3 Å². The lowest BCUT2D eigenvalue weighted by Crippen LogP contribution is -2.27. The van der Waals surface area contributed by atoms with Gasteiger partial charge in [0.25, 0.3) is 0 Å². The van der Waals surface area contributed by atoms with Crippen molar-refractivity contribution in [3.05, 3.63) is 33.2 Å². The smallest absolute Gasteiger partial charge is 0.336 e. The van der Waals surface area contributed by atoms with E-state index in [9.17, 15) is 4.79 Å². The van der Waals surface area contributed by atoms with Crippen LogP contribution in [-0.4, -0.2) is 0 Å². The molecule has 1 aromatic rings. The molecule has 0 radical (unpaired) electrons. The van der Waals surface area contributed by atoms with Crippen molar-refractivity contribution in [1.29, 1.82) is 0 Å². The van der Waals surface area contributed by atoms with Gasteiger partial charge in [-0.3, -0.25) is 0 Å².